The van der Waals surface area contributed by atoms with Crippen LogP contribution in [0.2, 0.25) is 0 Å². The van der Waals surface area contributed by atoms with E-state index in [1.54, 1.807) is 6.92 Å². The maximum atomic E-state index is 13.1. The van der Waals surface area contributed by atoms with E-state index in [0.717, 1.165) is 48.9 Å². The van der Waals surface area contributed by atoms with E-state index in [4.69, 9.17) is 23.7 Å². The quantitative estimate of drug-likeness (QED) is 0.0924. The Labute approximate surface area is 374 Å². The molecule has 0 aromatic carbocycles. The lowest BCUT2D eigenvalue weighted by Crippen LogP contribution is -2.65. The largest absolute Gasteiger partial charge is 0.462 e. The summed E-state index contributed by atoms with van der Waals surface area (Å²) in [6.07, 6.45) is -4.50. The van der Waals surface area contributed by atoms with Crippen molar-refractivity contribution in [3.05, 3.63) is 0 Å². The summed E-state index contributed by atoms with van der Waals surface area (Å²) in [5, 5.41) is 9.61. The van der Waals surface area contributed by atoms with Crippen molar-refractivity contribution in [3.8, 4) is 0 Å². The molecule has 3 heterocycles. The van der Waals surface area contributed by atoms with Crippen molar-refractivity contribution in [2.24, 2.45) is 63.6 Å². The van der Waals surface area contributed by atoms with Crippen LogP contribution in [0, 0.1) is 63.6 Å². The highest BCUT2D eigenvalue weighted by Crippen LogP contribution is 2.71. The molecule has 5 saturated carbocycles. The molecule has 10 nitrogen and oxygen atoms in total. The van der Waals surface area contributed by atoms with E-state index in [1.807, 2.05) is 34.6 Å². The molecular weight excluding hydrogens is 851 g/mol. The van der Waals surface area contributed by atoms with E-state index < -0.39 is 65.4 Å². The summed E-state index contributed by atoms with van der Waals surface area (Å²) in [6.45, 7) is 18.7. The fourth-order valence-corrected chi connectivity index (χ4v) is 12.3. The summed E-state index contributed by atoms with van der Waals surface area (Å²) in [5.74, 6) is 1.66. The number of carbonyl (C=O) groups is 4. The van der Waals surface area contributed by atoms with Gasteiger partial charge in [-0.25, -0.2) is 0 Å². The highest BCUT2D eigenvalue weighted by Gasteiger charge is 2.75. The molecule has 64 heavy (non-hydrogen) atoms. The lowest BCUT2D eigenvalue weighted by molar-refractivity contribution is -0.393. The van der Waals surface area contributed by atoms with E-state index in [1.165, 1.54) is 39.5 Å². The predicted molar refractivity (Wildman–Crippen MR) is 221 cm³/mol. The van der Waals surface area contributed by atoms with Crippen LogP contribution in [0.4, 0.5) is 26.3 Å². The number of carbonyl (C=O) groups excluding carboxylic acids is 4. The van der Waals surface area contributed by atoms with Gasteiger partial charge in [0.05, 0.1) is 28.3 Å². The minimum absolute atomic E-state index is 0.0455. The minimum atomic E-state index is -5.92. The number of ether oxygens (including phenoxy) is 5. The molecule has 3 aliphatic heterocycles. The number of esters is 4. The second-order valence-electron chi connectivity index (χ2n) is 22.2. The van der Waals surface area contributed by atoms with Gasteiger partial charge in [0, 0.05) is 11.8 Å². The Morgan fingerprint density at radius 2 is 1.22 bits per heavy atom. The average Bonchev–Trinajstić information content (AvgIpc) is 4.11. The zero-order valence-electron chi connectivity index (χ0n) is 39.3. The Balaban J connectivity index is 0.000000161. The number of hydrogen-bond acceptors (Lipinski definition) is 10. The average molecular weight is 923 g/mol. The van der Waals surface area contributed by atoms with Crippen LogP contribution in [0.1, 0.15) is 159 Å². The van der Waals surface area contributed by atoms with Crippen molar-refractivity contribution in [2.45, 2.75) is 213 Å². The van der Waals surface area contributed by atoms with Crippen LogP contribution in [-0.4, -0.2) is 83.1 Å². The van der Waals surface area contributed by atoms with E-state index in [0.29, 0.717) is 31.6 Å². The van der Waals surface area contributed by atoms with Crippen molar-refractivity contribution < 1.29 is 74.3 Å². The van der Waals surface area contributed by atoms with Gasteiger partial charge in [0.25, 0.3) is 5.60 Å². The van der Waals surface area contributed by atoms with Gasteiger partial charge in [-0.1, -0.05) is 34.1 Å². The summed E-state index contributed by atoms with van der Waals surface area (Å²) < 4.78 is 106. The summed E-state index contributed by atoms with van der Waals surface area (Å²) in [7, 11) is 0. The molecule has 5 aliphatic carbocycles. The van der Waals surface area contributed by atoms with Crippen molar-refractivity contribution in [1.29, 1.82) is 0 Å². The van der Waals surface area contributed by atoms with Crippen molar-refractivity contribution >= 4 is 23.9 Å². The van der Waals surface area contributed by atoms with Gasteiger partial charge in [-0.05, 0) is 155 Å². The van der Waals surface area contributed by atoms with E-state index >= 15 is 0 Å². The Kier molecular flexibility index (Phi) is 14.1. The predicted octanol–water partition coefficient (Wildman–Crippen LogP) is 10.2. The lowest BCUT2D eigenvalue weighted by atomic mass is 9.65. The van der Waals surface area contributed by atoms with Gasteiger partial charge in [0.2, 0.25) is 0 Å². The van der Waals surface area contributed by atoms with Gasteiger partial charge in [-0.15, -0.1) is 0 Å². The Bertz CT molecular complexity index is 1730. The highest BCUT2D eigenvalue weighted by molar-refractivity contribution is 5.79. The maximum absolute atomic E-state index is 13.1. The van der Waals surface area contributed by atoms with E-state index in [2.05, 4.69) is 13.8 Å². The molecule has 8 rings (SSSR count). The summed E-state index contributed by atoms with van der Waals surface area (Å²) >= 11 is 0. The van der Waals surface area contributed by atoms with Gasteiger partial charge < -0.3 is 28.8 Å². The van der Waals surface area contributed by atoms with Crippen LogP contribution in [0.5, 0.6) is 0 Å². The highest BCUT2D eigenvalue weighted by atomic mass is 19.4. The molecule has 8 fully saturated rings. The van der Waals surface area contributed by atoms with Crippen LogP contribution < -0.4 is 0 Å². The van der Waals surface area contributed by atoms with E-state index in [-0.39, 0.29) is 59.9 Å². The molecule has 6 bridgehead atoms. The first kappa shape index (κ1) is 50.8. The first-order valence-corrected chi connectivity index (χ1v) is 23.9. The second-order valence-corrected chi connectivity index (χ2v) is 22.2. The Hall–Kier alpha value is -2.62. The Morgan fingerprint density at radius 1 is 0.688 bits per heavy atom. The SMILES string of the molecule is CCC(C)(C)C(=O)OC1(CC)CC2CC1C1C3CCC(C3)C21.CCC(C)(C)C(=O)OC1C2CC3C(=O)OC1C3O2.CCC(C)(C)C(=O)OC1CCCCC1C(O)(C(F)(F)F)C(F)(F)F. The molecule has 366 valence electrons. The van der Waals surface area contributed by atoms with Crippen molar-refractivity contribution in [3.63, 3.8) is 0 Å². The molecule has 16 heteroatoms. The third-order valence-corrected chi connectivity index (χ3v) is 17.5. The third kappa shape index (κ3) is 8.83. The zero-order chi connectivity index (χ0) is 47.7. The summed E-state index contributed by atoms with van der Waals surface area (Å²) in [4.78, 5) is 48.4. The number of alkyl halides is 6. The summed E-state index contributed by atoms with van der Waals surface area (Å²) in [5.41, 5.74) is -6.90. The Morgan fingerprint density at radius 3 is 1.77 bits per heavy atom. The number of fused-ring (bicyclic) bond motifs is 10. The number of hydrogen-bond donors (Lipinski definition) is 1. The molecule has 1 N–H and O–H groups in total. The van der Waals surface area contributed by atoms with Gasteiger partial charge >= 0.3 is 36.2 Å². The number of aliphatic hydroxyl groups is 1. The van der Waals surface area contributed by atoms with E-state index in [9.17, 15) is 50.6 Å². The van der Waals surface area contributed by atoms with Crippen molar-refractivity contribution in [2.75, 3.05) is 0 Å². The molecule has 8 aliphatic rings. The first-order chi connectivity index (χ1) is 29.5. The lowest BCUT2D eigenvalue weighted by Gasteiger charge is -2.46. The van der Waals surface area contributed by atoms with Gasteiger partial charge in [-0.2, -0.15) is 26.3 Å². The molecule has 3 saturated heterocycles. The van der Waals surface area contributed by atoms with Gasteiger partial charge in [-0.3, -0.25) is 19.2 Å². The topological polar surface area (TPSA) is 135 Å². The monoisotopic (exact) mass is 923 g/mol. The minimum Gasteiger partial charge on any atom is -0.462 e. The third-order valence-electron chi connectivity index (χ3n) is 17.5. The van der Waals surface area contributed by atoms with Crippen molar-refractivity contribution in [1.82, 2.24) is 0 Å². The molecule has 0 amide bonds. The first-order valence-electron chi connectivity index (χ1n) is 23.9. The van der Waals surface area contributed by atoms with Crippen LogP contribution in [0.25, 0.3) is 0 Å². The fraction of sp³-hybridized carbons (Fsp3) is 0.917. The van der Waals surface area contributed by atoms with Crippen LogP contribution in [-0.2, 0) is 42.9 Å². The molecule has 14 atom stereocenters. The van der Waals surface area contributed by atoms with Gasteiger partial charge in [0.15, 0.2) is 12.2 Å². The standard InChI is InChI=1S/C20H32O2.C15H22F6O3.C13H18O5/c1-5-19(3,4)18(21)22-20(6-2)11-14-10-15(20)17-13-8-7-12(9-13)16(14)17;1-4-12(2,3)11(22)24-10-8-6-5-7-9(10)13(23,14(16,17)18)15(19,20)21;1-4-13(2,3)12(15)18-9-7-5-6-8(16-7)10(9)17-11(6)14/h12-17H,5-11H2,1-4H3;9-10,23H,4-8H2,1-3H3;6-10H,4-5H2,1-3H3. The second kappa shape index (κ2) is 17.8. The zero-order valence-corrected chi connectivity index (χ0v) is 39.3. The fourth-order valence-electron chi connectivity index (χ4n) is 12.3. The number of halogens is 6. The molecule has 0 radical (unpaired) electrons. The molecule has 0 aromatic rings. The molecule has 14 unspecified atom stereocenters. The molecule has 0 spiro atoms. The van der Waals surface area contributed by atoms with Gasteiger partial charge in [0.1, 0.15) is 17.8 Å². The summed E-state index contributed by atoms with van der Waals surface area (Å²) in [6, 6.07) is 0. The van der Waals surface area contributed by atoms with Crippen LogP contribution in [0.15, 0.2) is 0 Å². The molecule has 0 aromatic heterocycles. The molecular formula is C48H72F6O10. The normalized spacial score (nSPS) is 37.3. The number of rotatable bonds is 11. The van der Waals surface area contributed by atoms with Crippen LogP contribution in [0.3, 0.4) is 0 Å². The smallest absolute Gasteiger partial charge is 0.426 e. The maximum Gasteiger partial charge on any atom is 0.426 e. The van der Waals surface area contributed by atoms with Crippen LogP contribution >= 0.6 is 0 Å².